The number of rotatable bonds is 4. The van der Waals surface area contributed by atoms with E-state index in [0.29, 0.717) is 17.8 Å². The molecule has 2 rings (SSSR count). The maximum Gasteiger partial charge on any atom is 0.253 e. The number of aryl methyl sites for hydroxylation is 1. The first-order valence-corrected chi connectivity index (χ1v) is 6.73. The molecule has 0 bridgehead atoms. The smallest absolute Gasteiger partial charge is 0.253 e. The first-order chi connectivity index (χ1) is 9.99. The lowest BCUT2D eigenvalue weighted by Crippen LogP contribution is -2.21. The molecular formula is C16H20N4O. The number of anilines is 2. The molecule has 1 aromatic heterocycles. The molecule has 1 amide bonds. The number of pyridine rings is 1. The first-order valence-electron chi connectivity index (χ1n) is 6.73. The van der Waals surface area contributed by atoms with Crippen molar-refractivity contribution in [2.75, 3.05) is 25.1 Å². The number of carbonyl (C=O) groups excluding carboxylic acids is 1. The minimum Gasteiger partial charge on any atom is -0.397 e. The molecule has 3 N–H and O–H groups in total. The van der Waals surface area contributed by atoms with Gasteiger partial charge in [-0.2, -0.15) is 0 Å². The molecule has 1 aromatic carbocycles. The van der Waals surface area contributed by atoms with Crippen LogP contribution >= 0.6 is 0 Å². The van der Waals surface area contributed by atoms with Crippen LogP contribution in [0, 0.1) is 6.92 Å². The zero-order valence-electron chi connectivity index (χ0n) is 12.6. The lowest BCUT2D eigenvalue weighted by molar-refractivity contribution is 0.0827. The molecule has 0 fully saturated rings. The molecule has 0 saturated heterocycles. The van der Waals surface area contributed by atoms with Crippen molar-refractivity contribution in [1.82, 2.24) is 9.88 Å². The third-order valence-corrected chi connectivity index (χ3v) is 3.32. The summed E-state index contributed by atoms with van der Waals surface area (Å²) in [7, 11) is 3.45. The molecule has 1 heterocycles. The Hall–Kier alpha value is -2.56. The molecule has 0 aliphatic heterocycles. The topological polar surface area (TPSA) is 71.2 Å². The van der Waals surface area contributed by atoms with Crippen molar-refractivity contribution < 1.29 is 4.79 Å². The number of nitrogens with two attached hydrogens (primary N) is 1. The van der Waals surface area contributed by atoms with Crippen LogP contribution < -0.4 is 11.1 Å². The third-order valence-electron chi connectivity index (χ3n) is 3.32. The lowest BCUT2D eigenvalue weighted by atomic mass is 10.1. The van der Waals surface area contributed by atoms with Crippen LogP contribution in [0.3, 0.4) is 0 Å². The Bertz CT molecular complexity index is 652. The van der Waals surface area contributed by atoms with Crippen molar-refractivity contribution in [3.05, 3.63) is 53.3 Å². The highest BCUT2D eigenvalue weighted by Gasteiger charge is 2.10. The van der Waals surface area contributed by atoms with E-state index < -0.39 is 0 Å². The predicted molar refractivity (Wildman–Crippen MR) is 85.2 cm³/mol. The SMILES string of the molecule is Cc1ccncc1CNc1cc(C(=O)N(C)C)ccc1N. The van der Waals surface area contributed by atoms with Gasteiger partial charge in [0.1, 0.15) is 0 Å². The van der Waals surface area contributed by atoms with Gasteiger partial charge in [-0.15, -0.1) is 0 Å². The van der Waals surface area contributed by atoms with E-state index in [0.717, 1.165) is 16.8 Å². The van der Waals surface area contributed by atoms with E-state index in [2.05, 4.69) is 10.3 Å². The van der Waals surface area contributed by atoms with Crippen molar-refractivity contribution in [2.24, 2.45) is 0 Å². The molecule has 21 heavy (non-hydrogen) atoms. The summed E-state index contributed by atoms with van der Waals surface area (Å²) < 4.78 is 0. The molecule has 0 aliphatic rings. The van der Waals surface area contributed by atoms with Crippen molar-refractivity contribution in [2.45, 2.75) is 13.5 Å². The van der Waals surface area contributed by atoms with E-state index in [1.807, 2.05) is 19.2 Å². The Morgan fingerprint density at radius 2 is 2.10 bits per heavy atom. The normalized spacial score (nSPS) is 10.2. The highest BCUT2D eigenvalue weighted by molar-refractivity contribution is 5.95. The number of aromatic nitrogens is 1. The molecule has 0 saturated carbocycles. The Morgan fingerprint density at radius 1 is 1.33 bits per heavy atom. The maximum atomic E-state index is 12.0. The fraction of sp³-hybridized carbons (Fsp3) is 0.250. The Labute approximate surface area is 124 Å². The fourth-order valence-electron chi connectivity index (χ4n) is 1.97. The molecule has 0 aliphatic carbocycles. The zero-order chi connectivity index (χ0) is 15.4. The quantitative estimate of drug-likeness (QED) is 0.845. The standard InChI is InChI=1S/C16H20N4O/c1-11-6-7-18-9-13(11)10-19-15-8-12(4-5-14(15)17)16(21)20(2)3/h4-9,19H,10,17H2,1-3H3. The molecule has 5 heteroatoms. The molecule has 0 spiro atoms. The Morgan fingerprint density at radius 3 is 2.76 bits per heavy atom. The minimum absolute atomic E-state index is 0.0457. The van der Waals surface area contributed by atoms with Gasteiger partial charge in [-0.05, 0) is 42.3 Å². The van der Waals surface area contributed by atoms with E-state index in [1.165, 1.54) is 0 Å². The van der Waals surface area contributed by atoms with Crippen LogP contribution in [0.25, 0.3) is 0 Å². The van der Waals surface area contributed by atoms with Crippen LogP contribution in [0.4, 0.5) is 11.4 Å². The fourth-order valence-corrected chi connectivity index (χ4v) is 1.97. The molecular weight excluding hydrogens is 264 g/mol. The largest absolute Gasteiger partial charge is 0.397 e. The van der Waals surface area contributed by atoms with Crippen LogP contribution in [0.1, 0.15) is 21.5 Å². The molecule has 5 nitrogen and oxygen atoms in total. The van der Waals surface area contributed by atoms with Gasteiger partial charge in [-0.1, -0.05) is 0 Å². The maximum absolute atomic E-state index is 12.0. The van der Waals surface area contributed by atoms with Gasteiger partial charge in [-0.25, -0.2) is 0 Å². The molecule has 110 valence electrons. The van der Waals surface area contributed by atoms with Crippen molar-refractivity contribution in [3.63, 3.8) is 0 Å². The highest BCUT2D eigenvalue weighted by atomic mass is 16.2. The average Bonchev–Trinajstić information content (AvgIpc) is 2.47. The summed E-state index contributed by atoms with van der Waals surface area (Å²) in [6.07, 6.45) is 3.59. The zero-order valence-corrected chi connectivity index (χ0v) is 12.6. The third kappa shape index (κ3) is 3.51. The summed E-state index contributed by atoms with van der Waals surface area (Å²) in [5, 5.41) is 3.27. The van der Waals surface area contributed by atoms with Gasteiger partial charge in [0.2, 0.25) is 0 Å². The van der Waals surface area contributed by atoms with E-state index >= 15 is 0 Å². The first kappa shape index (κ1) is 14.8. The van der Waals surface area contributed by atoms with Gasteiger partial charge >= 0.3 is 0 Å². The van der Waals surface area contributed by atoms with E-state index in [9.17, 15) is 4.79 Å². The Kier molecular flexibility index (Phi) is 4.42. The number of nitrogen functional groups attached to an aromatic ring is 1. The van der Waals surface area contributed by atoms with Crippen LogP contribution in [0.2, 0.25) is 0 Å². The van der Waals surface area contributed by atoms with E-state index in [4.69, 9.17) is 5.73 Å². The van der Waals surface area contributed by atoms with Crippen LogP contribution in [-0.4, -0.2) is 29.9 Å². The monoisotopic (exact) mass is 284 g/mol. The summed E-state index contributed by atoms with van der Waals surface area (Å²) >= 11 is 0. The molecule has 0 unspecified atom stereocenters. The minimum atomic E-state index is -0.0457. The summed E-state index contributed by atoms with van der Waals surface area (Å²) in [5.74, 6) is -0.0457. The molecule has 2 aromatic rings. The van der Waals surface area contributed by atoms with Gasteiger partial charge in [0.25, 0.3) is 5.91 Å². The van der Waals surface area contributed by atoms with E-state index in [1.54, 1.807) is 43.4 Å². The number of hydrogen-bond donors (Lipinski definition) is 2. The molecule has 0 radical (unpaired) electrons. The van der Waals surface area contributed by atoms with E-state index in [-0.39, 0.29) is 5.91 Å². The second kappa shape index (κ2) is 6.26. The van der Waals surface area contributed by atoms with Gasteiger partial charge < -0.3 is 16.0 Å². The van der Waals surface area contributed by atoms with Crippen LogP contribution in [0.5, 0.6) is 0 Å². The highest BCUT2D eigenvalue weighted by Crippen LogP contribution is 2.22. The summed E-state index contributed by atoms with van der Waals surface area (Å²) in [4.78, 5) is 17.6. The number of nitrogens with zero attached hydrogens (tertiary/aromatic N) is 2. The average molecular weight is 284 g/mol. The van der Waals surface area contributed by atoms with Gasteiger partial charge in [0, 0.05) is 38.6 Å². The van der Waals surface area contributed by atoms with Gasteiger partial charge in [-0.3, -0.25) is 9.78 Å². The predicted octanol–water partition coefficient (Wildman–Crippen LogP) is 2.29. The number of hydrogen-bond acceptors (Lipinski definition) is 4. The number of nitrogens with one attached hydrogen (secondary N) is 1. The lowest BCUT2D eigenvalue weighted by Gasteiger charge is -2.14. The summed E-state index contributed by atoms with van der Waals surface area (Å²) in [6, 6.07) is 7.23. The van der Waals surface area contributed by atoms with Crippen molar-refractivity contribution >= 4 is 17.3 Å². The number of carbonyl (C=O) groups is 1. The van der Waals surface area contributed by atoms with Crippen LogP contribution in [0.15, 0.2) is 36.7 Å². The molecule has 0 atom stereocenters. The van der Waals surface area contributed by atoms with Crippen molar-refractivity contribution in [1.29, 1.82) is 0 Å². The van der Waals surface area contributed by atoms with Crippen molar-refractivity contribution in [3.8, 4) is 0 Å². The Balaban J connectivity index is 2.18. The second-order valence-corrected chi connectivity index (χ2v) is 5.16. The van der Waals surface area contributed by atoms with Crippen LogP contribution in [-0.2, 0) is 6.54 Å². The number of benzene rings is 1. The number of amides is 1. The van der Waals surface area contributed by atoms with Gasteiger partial charge in [0.05, 0.1) is 11.4 Å². The summed E-state index contributed by atoms with van der Waals surface area (Å²) in [6.45, 7) is 2.65. The summed E-state index contributed by atoms with van der Waals surface area (Å²) in [5.41, 5.74) is 10.2. The van der Waals surface area contributed by atoms with Gasteiger partial charge in [0.15, 0.2) is 0 Å². The second-order valence-electron chi connectivity index (χ2n) is 5.16.